The van der Waals surface area contributed by atoms with Crippen molar-refractivity contribution >= 4 is 27.8 Å². The number of carbonyl (C=O) groups is 2. The van der Waals surface area contributed by atoms with E-state index in [1.807, 2.05) is 0 Å². The Kier molecular flexibility index (Phi) is 5.80. The summed E-state index contributed by atoms with van der Waals surface area (Å²) in [5.41, 5.74) is 0.461. The highest BCUT2D eigenvalue weighted by molar-refractivity contribution is 9.10. The number of hydrogen-bond donors (Lipinski definition) is 1. The second-order valence-electron chi connectivity index (χ2n) is 3.51. The summed E-state index contributed by atoms with van der Waals surface area (Å²) in [4.78, 5) is 23.3. The van der Waals surface area contributed by atoms with E-state index in [0.717, 1.165) is 4.47 Å². The Labute approximate surface area is 114 Å². The number of esters is 1. The predicted molar refractivity (Wildman–Crippen MR) is 69.3 cm³/mol. The van der Waals surface area contributed by atoms with Gasteiger partial charge < -0.3 is 14.8 Å². The number of benzene rings is 1. The van der Waals surface area contributed by atoms with Gasteiger partial charge in [-0.1, -0.05) is 15.9 Å². The smallest absolute Gasteiger partial charge is 0.330 e. The molecule has 0 heterocycles. The average Bonchev–Trinajstić information content (AvgIpc) is 2.38. The topological polar surface area (TPSA) is 64.6 Å². The van der Waals surface area contributed by atoms with Gasteiger partial charge in [0.25, 0.3) is 5.91 Å². The summed E-state index contributed by atoms with van der Waals surface area (Å²) in [6.45, 7) is 0.0644. The molecule has 0 aliphatic carbocycles. The molecular formula is C12H14BrNO4. The lowest BCUT2D eigenvalue weighted by Gasteiger charge is -2.15. The molecule has 5 nitrogen and oxygen atoms in total. The second-order valence-corrected chi connectivity index (χ2v) is 4.43. The molecule has 0 aliphatic rings. The molecule has 98 valence electrons. The summed E-state index contributed by atoms with van der Waals surface area (Å²) in [6.07, 6.45) is 0. The molecule has 6 heteroatoms. The van der Waals surface area contributed by atoms with E-state index in [1.54, 1.807) is 24.3 Å². The lowest BCUT2D eigenvalue weighted by atomic mass is 10.2. The molecule has 1 aromatic carbocycles. The van der Waals surface area contributed by atoms with Gasteiger partial charge in [-0.05, 0) is 24.3 Å². The van der Waals surface area contributed by atoms with Crippen molar-refractivity contribution in [1.82, 2.24) is 5.32 Å². The van der Waals surface area contributed by atoms with E-state index >= 15 is 0 Å². The summed E-state index contributed by atoms with van der Waals surface area (Å²) in [5.74, 6) is -0.891. The second kappa shape index (κ2) is 7.13. The van der Waals surface area contributed by atoms with Crippen LogP contribution in [0.4, 0.5) is 0 Å². The molecule has 0 saturated carbocycles. The Hall–Kier alpha value is -1.40. The van der Waals surface area contributed by atoms with Crippen molar-refractivity contribution in [2.24, 2.45) is 0 Å². The van der Waals surface area contributed by atoms with Crippen LogP contribution in [0, 0.1) is 0 Å². The molecule has 1 atom stereocenters. The molecule has 1 aromatic rings. The predicted octanol–water partition coefficient (Wildman–Crippen LogP) is 1.37. The van der Waals surface area contributed by atoms with Crippen molar-refractivity contribution in [1.29, 1.82) is 0 Å². The monoisotopic (exact) mass is 315 g/mol. The van der Waals surface area contributed by atoms with E-state index < -0.39 is 12.0 Å². The lowest BCUT2D eigenvalue weighted by molar-refractivity contribution is -0.144. The number of ether oxygens (including phenoxy) is 2. The van der Waals surface area contributed by atoms with Gasteiger partial charge in [-0.3, -0.25) is 4.79 Å². The van der Waals surface area contributed by atoms with Crippen LogP contribution in [0.5, 0.6) is 0 Å². The van der Waals surface area contributed by atoms with Crippen LogP contribution in [0.15, 0.2) is 28.7 Å². The minimum atomic E-state index is -0.809. The molecule has 1 rings (SSSR count). The van der Waals surface area contributed by atoms with Gasteiger partial charge in [-0.2, -0.15) is 0 Å². The van der Waals surface area contributed by atoms with Gasteiger partial charge in [0.1, 0.15) is 0 Å². The van der Waals surface area contributed by atoms with Crippen molar-refractivity contribution in [2.75, 3.05) is 20.8 Å². The first-order chi connectivity index (χ1) is 8.58. The van der Waals surface area contributed by atoms with Crippen LogP contribution in [0.25, 0.3) is 0 Å². The molecule has 0 saturated heterocycles. The minimum absolute atomic E-state index is 0.0644. The maximum Gasteiger partial charge on any atom is 0.330 e. The van der Waals surface area contributed by atoms with Crippen LogP contribution in [0.2, 0.25) is 0 Å². The number of carbonyl (C=O) groups excluding carboxylic acids is 2. The van der Waals surface area contributed by atoms with Gasteiger partial charge >= 0.3 is 5.97 Å². The number of nitrogens with one attached hydrogen (secondary N) is 1. The van der Waals surface area contributed by atoms with Gasteiger partial charge in [0.2, 0.25) is 0 Å². The van der Waals surface area contributed by atoms with Crippen LogP contribution < -0.4 is 5.32 Å². The minimum Gasteiger partial charge on any atom is -0.467 e. The lowest BCUT2D eigenvalue weighted by Crippen LogP contribution is -2.44. The van der Waals surface area contributed by atoms with Crippen molar-refractivity contribution < 1.29 is 19.1 Å². The third-order valence-electron chi connectivity index (χ3n) is 2.23. The first-order valence-electron chi connectivity index (χ1n) is 5.21. The molecule has 1 N–H and O–H groups in total. The van der Waals surface area contributed by atoms with Gasteiger partial charge in [0, 0.05) is 17.1 Å². The summed E-state index contributed by atoms with van der Waals surface area (Å²) in [6, 6.07) is 5.99. The molecular weight excluding hydrogens is 302 g/mol. The molecule has 0 spiro atoms. The van der Waals surface area contributed by atoms with E-state index in [4.69, 9.17) is 4.74 Å². The third-order valence-corrected chi connectivity index (χ3v) is 2.76. The summed E-state index contributed by atoms with van der Waals surface area (Å²) >= 11 is 3.28. The van der Waals surface area contributed by atoms with Gasteiger partial charge in [0.15, 0.2) is 6.04 Å². The van der Waals surface area contributed by atoms with E-state index in [-0.39, 0.29) is 12.5 Å². The molecule has 0 fully saturated rings. The van der Waals surface area contributed by atoms with Crippen molar-refractivity contribution in [3.8, 4) is 0 Å². The van der Waals surface area contributed by atoms with Crippen LogP contribution in [0.1, 0.15) is 10.4 Å². The average molecular weight is 316 g/mol. The van der Waals surface area contributed by atoms with Crippen LogP contribution in [-0.2, 0) is 14.3 Å². The number of hydrogen-bond acceptors (Lipinski definition) is 4. The van der Waals surface area contributed by atoms with Crippen LogP contribution >= 0.6 is 15.9 Å². The maximum absolute atomic E-state index is 11.9. The number of amides is 1. The summed E-state index contributed by atoms with van der Waals surface area (Å²) in [5, 5.41) is 2.55. The number of methoxy groups -OCH3 is 2. The van der Waals surface area contributed by atoms with Crippen molar-refractivity contribution in [2.45, 2.75) is 6.04 Å². The van der Waals surface area contributed by atoms with E-state index in [9.17, 15) is 9.59 Å². The van der Waals surface area contributed by atoms with E-state index in [2.05, 4.69) is 26.0 Å². The first-order valence-corrected chi connectivity index (χ1v) is 6.01. The Morgan fingerprint density at radius 3 is 2.39 bits per heavy atom. The van der Waals surface area contributed by atoms with Crippen LogP contribution in [0.3, 0.4) is 0 Å². The molecule has 0 bridgehead atoms. The van der Waals surface area contributed by atoms with Gasteiger partial charge in [-0.25, -0.2) is 4.79 Å². The summed E-state index contributed by atoms with van der Waals surface area (Å²) in [7, 11) is 2.71. The highest BCUT2D eigenvalue weighted by atomic mass is 79.9. The standard InChI is InChI=1S/C12H14BrNO4/c1-17-7-10(12(16)18-2)14-11(15)8-3-5-9(13)6-4-8/h3-6,10H,7H2,1-2H3,(H,14,15)/t10-/m0/s1. The fourth-order valence-corrected chi connectivity index (χ4v) is 1.58. The van der Waals surface area contributed by atoms with Crippen LogP contribution in [-0.4, -0.2) is 38.7 Å². The fraction of sp³-hybridized carbons (Fsp3) is 0.333. The zero-order valence-electron chi connectivity index (χ0n) is 10.1. The Morgan fingerprint density at radius 2 is 1.89 bits per heavy atom. The molecule has 1 amide bonds. The first kappa shape index (κ1) is 14.7. The quantitative estimate of drug-likeness (QED) is 0.833. The van der Waals surface area contributed by atoms with Crippen molar-refractivity contribution in [3.63, 3.8) is 0 Å². The maximum atomic E-state index is 11.9. The fourth-order valence-electron chi connectivity index (χ4n) is 1.32. The van der Waals surface area contributed by atoms with Gasteiger partial charge in [-0.15, -0.1) is 0 Å². The normalized spacial score (nSPS) is 11.7. The van der Waals surface area contributed by atoms with Crippen molar-refractivity contribution in [3.05, 3.63) is 34.3 Å². The van der Waals surface area contributed by atoms with Gasteiger partial charge in [0.05, 0.1) is 13.7 Å². The Balaban J connectivity index is 2.71. The zero-order valence-corrected chi connectivity index (χ0v) is 11.7. The van der Waals surface area contributed by atoms with E-state index in [0.29, 0.717) is 5.56 Å². The SMILES string of the molecule is COC[C@H](NC(=O)c1ccc(Br)cc1)C(=O)OC. The molecule has 0 unspecified atom stereocenters. The Bertz CT molecular complexity index is 419. The number of rotatable bonds is 5. The zero-order chi connectivity index (χ0) is 13.5. The Morgan fingerprint density at radius 1 is 1.28 bits per heavy atom. The highest BCUT2D eigenvalue weighted by Gasteiger charge is 2.21. The molecule has 0 aliphatic heterocycles. The number of halogens is 1. The molecule has 18 heavy (non-hydrogen) atoms. The largest absolute Gasteiger partial charge is 0.467 e. The van der Waals surface area contributed by atoms with E-state index in [1.165, 1.54) is 14.2 Å². The summed E-state index contributed by atoms with van der Waals surface area (Å²) < 4.78 is 10.3. The molecule has 0 aromatic heterocycles. The highest BCUT2D eigenvalue weighted by Crippen LogP contribution is 2.10. The molecule has 0 radical (unpaired) electrons. The third kappa shape index (κ3) is 4.12.